The molecule has 0 saturated carbocycles. The van der Waals surface area contributed by atoms with Crippen LogP contribution in [0.3, 0.4) is 0 Å². The van der Waals surface area contributed by atoms with Crippen LogP contribution in [0.5, 0.6) is 0 Å². The van der Waals surface area contributed by atoms with Crippen LogP contribution >= 0.6 is 28.3 Å². The number of rotatable bonds is 5. The van der Waals surface area contributed by atoms with Crippen LogP contribution in [-0.2, 0) is 10.0 Å². The van der Waals surface area contributed by atoms with Gasteiger partial charge < -0.3 is 5.32 Å². The molecule has 1 fully saturated rings. The number of sulfonamides is 1. The van der Waals surface area contributed by atoms with Gasteiger partial charge in [0.2, 0.25) is 10.0 Å². The maximum Gasteiger partial charge on any atom is 0.243 e. The Kier molecular flexibility index (Phi) is 7.06. The van der Waals surface area contributed by atoms with Gasteiger partial charge >= 0.3 is 0 Å². The molecule has 1 unspecified atom stereocenters. The molecule has 1 atom stereocenters. The highest BCUT2D eigenvalue weighted by Crippen LogP contribution is 2.25. The second-order valence-corrected chi connectivity index (χ2v) is 7.58. The van der Waals surface area contributed by atoms with Gasteiger partial charge in [-0.15, -0.1) is 12.4 Å². The molecule has 0 aromatic heterocycles. The van der Waals surface area contributed by atoms with E-state index in [2.05, 4.69) is 21.2 Å². The fourth-order valence-electron chi connectivity index (χ4n) is 2.38. The molecule has 4 nitrogen and oxygen atoms in total. The summed E-state index contributed by atoms with van der Waals surface area (Å²) in [7, 11) is -3.59. The van der Waals surface area contributed by atoms with Gasteiger partial charge in [-0.1, -0.05) is 6.92 Å². The van der Waals surface area contributed by atoms with E-state index < -0.39 is 15.8 Å². The maximum atomic E-state index is 13.3. The fraction of sp³-hybridized carbons (Fsp3) is 0.538. The summed E-state index contributed by atoms with van der Waals surface area (Å²) in [5, 5.41) is 3.18. The first-order chi connectivity index (χ1) is 9.46. The van der Waals surface area contributed by atoms with Gasteiger partial charge in [-0.05, 0) is 53.5 Å². The number of benzene rings is 1. The molecule has 1 aliphatic heterocycles. The van der Waals surface area contributed by atoms with Crippen LogP contribution in [0.4, 0.5) is 4.39 Å². The Morgan fingerprint density at radius 3 is 2.71 bits per heavy atom. The summed E-state index contributed by atoms with van der Waals surface area (Å²) in [5.41, 5.74) is 0. The molecule has 1 heterocycles. The van der Waals surface area contributed by atoms with Crippen LogP contribution in [-0.4, -0.2) is 38.4 Å². The van der Waals surface area contributed by atoms with Crippen molar-refractivity contribution >= 4 is 38.4 Å². The molecule has 1 aliphatic rings. The predicted molar refractivity (Wildman–Crippen MR) is 86.8 cm³/mol. The van der Waals surface area contributed by atoms with Crippen LogP contribution in [0, 0.1) is 5.82 Å². The first-order valence-electron chi connectivity index (χ1n) is 6.64. The van der Waals surface area contributed by atoms with Crippen molar-refractivity contribution in [2.75, 3.05) is 19.6 Å². The van der Waals surface area contributed by atoms with Gasteiger partial charge in [0.15, 0.2) is 0 Å². The summed E-state index contributed by atoms with van der Waals surface area (Å²) in [6, 6.07) is 3.80. The van der Waals surface area contributed by atoms with Gasteiger partial charge in [0.1, 0.15) is 5.82 Å². The maximum absolute atomic E-state index is 13.3. The van der Waals surface area contributed by atoms with Crippen molar-refractivity contribution < 1.29 is 12.8 Å². The van der Waals surface area contributed by atoms with Crippen LogP contribution < -0.4 is 5.32 Å². The number of hydrogen-bond acceptors (Lipinski definition) is 3. The van der Waals surface area contributed by atoms with Gasteiger partial charge in [-0.2, -0.15) is 4.31 Å². The molecule has 1 N–H and O–H groups in total. The summed E-state index contributed by atoms with van der Waals surface area (Å²) < 4.78 is 40.4. The third-order valence-electron chi connectivity index (χ3n) is 3.38. The van der Waals surface area contributed by atoms with Gasteiger partial charge in [-0.25, -0.2) is 12.8 Å². The van der Waals surface area contributed by atoms with Crippen molar-refractivity contribution in [1.82, 2.24) is 9.62 Å². The van der Waals surface area contributed by atoms with E-state index in [1.807, 2.05) is 6.92 Å². The monoisotopic (exact) mass is 400 g/mol. The number of hydrogen-bond donors (Lipinski definition) is 1. The normalized spacial score (nSPS) is 18.8. The highest BCUT2D eigenvalue weighted by molar-refractivity contribution is 9.10. The van der Waals surface area contributed by atoms with E-state index in [4.69, 9.17) is 0 Å². The molecule has 1 aromatic carbocycles. The SMILES string of the molecule is CCCN(C1CCNC1)S(=O)(=O)c1ccc(F)c(Br)c1.Cl. The lowest BCUT2D eigenvalue weighted by Crippen LogP contribution is -2.42. The van der Waals surface area contributed by atoms with Crippen molar-refractivity contribution in [3.8, 4) is 0 Å². The second-order valence-electron chi connectivity index (χ2n) is 4.84. The standard InChI is InChI=1S/C13H18BrFN2O2S.ClH/c1-2-7-17(10-5-6-16-9-10)20(18,19)11-3-4-13(15)12(14)8-11;/h3-4,8,10,16H,2,5-7,9H2,1H3;1H. The average Bonchev–Trinajstić information content (AvgIpc) is 2.92. The third-order valence-corrected chi connectivity index (χ3v) is 5.94. The molecule has 1 saturated heterocycles. The molecular weight excluding hydrogens is 383 g/mol. The minimum atomic E-state index is -3.59. The molecule has 8 heteroatoms. The van der Waals surface area contributed by atoms with Crippen LogP contribution in [0.15, 0.2) is 27.6 Å². The van der Waals surface area contributed by atoms with E-state index in [1.54, 1.807) is 0 Å². The number of nitrogens with one attached hydrogen (secondary N) is 1. The predicted octanol–water partition coefficient (Wildman–Crippen LogP) is 2.77. The zero-order valence-electron chi connectivity index (χ0n) is 11.7. The van der Waals surface area contributed by atoms with Crippen LogP contribution in [0.1, 0.15) is 19.8 Å². The lowest BCUT2D eigenvalue weighted by atomic mass is 10.2. The minimum Gasteiger partial charge on any atom is -0.315 e. The van der Waals surface area contributed by atoms with E-state index in [-0.39, 0.29) is 27.8 Å². The molecule has 0 aliphatic carbocycles. The molecule has 21 heavy (non-hydrogen) atoms. The number of nitrogens with zero attached hydrogens (tertiary/aromatic N) is 1. The molecule has 120 valence electrons. The minimum absolute atomic E-state index is 0. The molecule has 0 amide bonds. The Morgan fingerprint density at radius 1 is 1.48 bits per heavy atom. The smallest absolute Gasteiger partial charge is 0.243 e. The first kappa shape index (κ1) is 18.8. The van der Waals surface area contributed by atoms with Gasteiger partial charge in [0, 0.05) is 19.1 Å². The zero-order valence-corrected chi connectivity index (χ0v) is 14.9. The van der Waals surface area contributed by atoms with E-state index in [9.17, 15) is 12.8 Å². The van der Waals surface area contributed by atoms with Crippen LogP contribution in [0.25, 0.3) is 0 Å². The second kappa shape index (κ2) is 7.87. The third kappa shape index (κ3) is 4.16. The Morgan fingerprint density at radius 2 is 2.19 bits per heavy atom. The van der Waals surface area contributed by atoms with Crippen molar-refractivity contribution in [3.63, 3.8) is 0 Å². The largest absolute Gasteiger partial charge is 0.315 e. The fourth-order valence-corrected chi connectivity index (χ4v) is 4.68. The zero-order chi connectivity index (χ0) is 14.8. The van der Waals surface area contributed by atoms with E-state index in [0.717, 1.165) is 19.4 Å². The summed E-state index contributed by atoms with van der Waals surface area (Å²) in [6.45, 7) is 3.92. The summed E-state index contributed by atoms with van der Waals surface area (Å²) in [4.78, 5) is 0.131. The summed E-state index contributed by atoms with van der Waals surface area (Å²) >= 11 is 3.04. The average molecular weight is 402 g/mol. The lowest BCUT2D eigenvalue weighted by molar-refractivity contribution is 0.335. The Balaban J connectivity index is 0.00000220. The van der Waals surface area contributed by atoms with Crippen molar-refractivity contribution in [1.29, 1.82) is 0 Å². The molecule has 0 spiro atoms. The van der Waals surface area contributed by atoms with E-state index in [1.165, 1.54) is 22.5 Å². The Labute approximate surface area is 139 Å². The van der Waals surface area contributed by atoms with Gasteiger partial charge in [0.05, 0.1) is 9.37 Å². The van der Waals surface area contributed by atoms with Crippen molar-refractivity contribution in [2.24, 2.45) is 0 Å². The molecular formula is C13H19BrClFN2O2S. The van der Waals surface area contributed by atoms with E-state index in [0.29, 0.717) is 13.1 Å². The summed E-state index contributed by atoms with van der Waals surface area (Å²) in [5.74, 6) is -0.464. The Hall–Kier alpha value is -0.210. The van der Waals surface area contributed by atoms with Gasteiger partial charge in [0.25, 0.3) is 0 Å². The lowest BCUT2D eigenvalue weighted by Gasteiger charge is -2.27. The molecule has 0 radical (unpaired) electrons. The Bertz CT molecular complexity index is 580. The highest BCUT2D eigenvalue weighted by Gasteiger charge is 2.32. The first-order valence-corrected chi connectivity index (χ1v) is 8.87. The molecule has 0 bridgehead atoms. The van der Waals surface area contributed by atoms with E-state index >= 15 is 0 Å². The van der Waals surface area contributed by atoms with Crippen LogP contribution in [0.2, 0.25) is 0 Å². The molecule has 2 rings (SSSR count). The van der Waals surface area contributed by atoms with Crippen molar-refractivity contribution in [2.45, 2.75) is 30.7 Å². The van der Waals surface area contributed by atoms with Gasteiger partial charge in [-0.3, -0.25) is 0 Å². The highest BCUT2D eigenvalue weighted by atomic mass is 79.9. The quantitative estimate of drug-likeness (QED) is 0.825. The molecule has 1 aromatic rings. The topological polar surface area (TPSA) is 49.4 Å². The summed E-state index contributed by atoms with van der Waals surface area (Å²) in [6.07, 6.45) is 1.56. The number of halogens is 3. The van der Waals surface area contributed by atoms with Crippen molar-refractivity contribution in [3.05, 3.63) is 28.5 Å².